The molecule has 7 nitrogen and oxygen atoms in total. The number of rotatable bonds is 7. The minimum atomic E-state index is -0.990. The van der Waals surface area contributed by atoms with Crippen molar-refractivity contribution in [3.63, 3.8) is 0 Å². The molecule has 0 radical (unpaired) electrons. The van der Waals surface area contributed by atoms with E-state index in [1.54, 1.807) is 12.1 Å². The Morgan fingerprint density at radius 1 is 0.974 bits per heavy atom. The number of allylic oxidation sites excluding steroid dienone is 1. The van der Waals surface area contributed by atoms with Crippen LogP contribution in [0.25, 0.3) is 0 Å². The van der Waals surface area contributed by atoms with Crippen molar-refractivity contribution in [2.24, 2.45) is 28.6 Å². The van der Waals surface area contributed by atoms with Gasteiger partial charge in [-0.15, -0.1) is 0 Å². The maximum Gasteiger partial charge on any atom is 0.335 e. The van der Waals surface area contributed by atoms with Crippen LogP contribution >= 0.6 is 0 Å². The predicted molar refractivity (Wildman–Crippen MR) is 141 cm³/mol. The lowest BCUT2D eigenvalue weighted by molar-refractivity contribution is -0.160. The number of amides is 1. The molecule has 2 N–H and O–H groups in total. The largest absolute Gasteiger partial charge is 0.478 e. The average molecular weight is 522 g/mol. The summed E-state index contributed by atoms with van der Waals surface area (Å²) in [5.74, 6) is 0.501. The van der Waals surface area contributed by atoms with E-state index < -0.39 is 5.97 Å². The Morgan fingerprint density at radius 2 is 1.74 bits per heavy atom. The van der Waals surface area contributed by atoms with Crippen molar-refractivity contribution in [3.8, 4) is 0 Å². The Balaban J connectivity index is 1.12. The van der Waals surface area contributed by atoms with Crippen molar-refractivity contribution in [2.75, 3.05) is 0 Å². The molecule has 38 heavy (non-hydrogen) atoms. The van der Waals surface area contributed by atoms with Gasteiger partial charge < -0.3 is 15.2 Å². The highest BCUT2D eigenvalue weighted by molar-refractivity contribution is 5.91. The van der Waals surface area contributed by atoms with Gasteiger partial charge in [0.1, 0.15) is 6.10 Å². The van der Waals surface area contributed by atoms with Gasteiger partial charge in [0.05, 0.1) is 12.0 Å². The fraction of sp³-hybridized carbons (Fsp3) is 0.613. The first-order chi connectivity index (χ1) is 18.1. The van der Waals surface area contributed by atoms with Gasteiger partial charge in [-0.25, -0.2) is 4.79 Å². The quantitative estimate of drug-likeness (QED) is 0.476. The molecule has 6 atom stereocenters. The van der Waals surface area contributed by atoms with Gasteiger partial charge in [0, 0.05) is 24.8 Å². The highest BCUT2D eigenvalue weighted by Crippen LogP contribution is 2.65. The summed E-state index contributed by atoms with van der Waals surface area (Å²) in [7, 11) is 0. The van der Waals surface area contributed by atoms with E-state index in [0.717, 1.165) is 50.5 Å². The number of carboxylic acid groups (broad SMARTS) is 1. The van der Waals surface area contributed by atoms with Gasteiger partial charge in [-0.2, -0.15) is 0 Å². The topological polar surface area (TPSA) is 110 Å². The first-order valence-corrected chi connectivity index (χ1v) is 14.1. The van der Waals surface area contributed by atoms with E-state index in [1.807, 2.05) is 6.08 Å². The van der Waals surface area contributed by atoms with E-state index in [4.69, 9.17) is 9.84 Å². The molecule has 1 aromatic carbocycles. The molecule has 204 valence electrons. The molecular formula is C31H39NO6. The van der Waals surface area contributed by atoms with Crippen molar-refractivity contribution >= 4 is 23.6 Å². The summed E-state index contributed by atoms with van der Waals surface area (Å²) in [6.07, 6.45) is 9.83. The van der Waals surface area contributed by atoms with E-state index >= 15 is 0 Å². The van der Waals surface area contributed by atoms with Crippen LogP contribution in [0.15, 0.2) is 35.9 Å². The van der Waals surface area contributed by atoms with Crippen molar-refractivity contribution < 1.29 is 29.0 Å². The maximum absolute atomic E-state index is 12.8. The minimum Gasteiger partial charge on any atom is -0.478 e. The summed E-state index contributed by atoms with van der Waals surface area (Å²) >= 11 is 0. The van der Waals surface area contributed by atoms with Gasteiger partial charge in [0.25, 0.3) is 0 Å². The van der Waals surface area contributed by atoms with Gasteiger partial charge in [-0.1, -0.05) is 31.6 Å². The fourth-order valence-electron chi connectivity index (χ4n) is 8.19. The number of hydrogen-bond donors (Lipinski definition) is 2. The molecule has 4 aliphatic carbocycles. The van der Waals surface area contributed by atoms with Crippen LogP contribution in [0.1, 0.15) is 94.0 Å². The second-order valence-electron chi connectivity index (χ2n) is 12.3. The highest BCUT2D eigenvalue weighted by Gasteiger charge is 2.59. The number of esters is 1. The molecular weight excluding hydrogens is 482 g/mol. The molecule has 4 aliphatic rings. The monoisotopic (exact) mass is 521 g/mol. The van der Waals surface area contributed by atoms with E-state index in [1.165, 1.54) is 17.7 Å². The van der Waals surface area contributed by atoms with E-state index in [9.17, 15) is 19.2 Å². The maximum atomic E-state index is 12.8. The van der Waals surface area contributed by atoms with Gasteiger partial charge in [-0.3, -0.25) is 14.4 Å². The molecule has 3 saturated carbocycles. The summed E-state index contributed by atoms with van der Waals surface area (Å²) in [5, 5.41) is 11.8. The second-order valence-corrected chi connectivity index (χ2v) is 12.3. The lowest BCUT2D eigenvalue weighted by Crippen LogP contribution is -2.51. The number of ether oxygens (including phenoxy) is 1. The lowest BCUT2D eigenvalue weighted by Gasteiger charge is -2.57. The molecule has 0 aliphatic heterocycles. The number of aromatic carboxylic acids is 1. The number of carbonyl (C=O) groups excluding carboxylic acids is 3. The zero-order valence-corrected chi connectivity index (χ0v) is 22.5. The smallest absolute Gasteiger partial charge is 0.335 e. The molecule has 7 heteroatoms. The molecule has 0 heterocycles. The Morgan fingerprint density at radius 3 is 2.47 bits per heavy atom. The van der Waals surface area contributed by atoms with Gasteiger partial charge in [0.15, 0.2) is 5.78 Å². The summed E-state index contributed by atoms with van der Waals surface area (Å²) < 4.78 is 6.03. The van der Waals surface area contributed by atoms with Crippen LogP contribution in [0.2, 0.25) is 0 Å². The third kappa shape index (κ3) is 4.92. The molecule has 0 spiro atoms. The number of hydrogen-bond acceptors (Lipinski definition) is 5. The standard InChI is InChI=1S/C31H39NO6/c1-30-15-13-22(33)17-21(30)7-8-23-24-9-10-26(31(24,2)16-14-25(23)30)38-28(35)12-11-27(34)32-18-19-3-5-20(6-4-19)29(36)37/h3-6,17,23-26H,7-16,18H2,1-2H3,(H,32,34)(H,36,37)/t23-,24+,25-,26+,30+,31+/m1/s1. The highest BCUT2D eigenvalue weighted by atomic mass is 16.5. The molecule has 1 aromatic rings. The molecule has 1 amide bonds. The number of fused-ring (bicyclic) bond motifs is 5. The second kappa shape index (κ2) is 10.3. The van der Waals surface area contributed by atoms with Crippen molar-refractivity contribution in [1.82, 2.24) is 5.32 Å². The van der Waals surface area contributed by atoms with Crippen LogP contribution in [0, 0.1) is 28.6 Å². The first-order valence-electron chi connectivity index (χ1n) is 14.1. The Bertz CT molecular complexity index is 1160. The number of carbonyl (C=O) groups is 4. The fourth-order valence-corrected chi connectivity index (χ4v) is 8.19. The third-order valence-electron chi connectivity index (χ3n) is 10.4. The van der Waals surface area contributed by atoms with Crippen molar-refractivity contribution in [2.45, 2.75) is 90.7 Å². The van der Waals surface area contributed by atoms with Gasteiger partial charge in [-0.05, 0) is 91.9 Å². The number of nitrogens with one attached hydrogen (secondary N) is 1. The zero-order chi connectivity index (χ0) is 27.1. The number of ketones is 1. The SMILES string of the molecule is C[C@]12CC[C@@H]3[C@H](CCC4=CC(=O)CC[C@@]43C)[C@@H]1CC[C@@H]2OC(=O)CCC(=O)NCc1ccc(C(=O)O)cc1. The van der Waals surface area contributed by atoms with Crippen LogP contribution < -0.4 is 5.32 Å². The van der Waals surface area contributed by atoms with E-state index in [-0.39, 0.29) is 59.5 Å². The molecule has 0 saturated heterocycles. The van der Waals surface area contributed by atoms with Crippen LogP contribution in [0.4, 0.5) is 0 Å². The summed E-state index contributed by atoms with van der Waals surface area (Å²) in [6.45, 7) is 4.97. The lowest BCUT2D eigenvalue weighted by atomic mass is 9.47. The molecule has 0 bridgehead atoms. The minimum absolute atomic E-state index is 0.0245. The Kier molecular flexibility index (Phi) is 7.23. The summed E-state index contributed by atoms with van der Waals surface area (Å²) in [4.78, 5) is 48.1. The van der Waals surface area contributed by atoms with Crippen LogP contribution in [0.3, 0.4) is 0 Å². The van der Waals surface area contributed by atoms with E-state index in [2.05, 4.69) is 19.2 Å². The molecule has 5 rings (SSSR count). The molecule has 3 fully saturated rings. The van der Waals surface area contributed by atoms with Crippen molar-refractivity contribution in [3.05, 3.63) is 47.0 Å². The Labute approximate surface area is 224 Å². The van der Waals surface area contributed by atoms with Crippen LogP contribution in [0.5, 0.6) is 0 Å². The molecule has 0 unspecified atom stereocenters. The van der Waals surface area contributed by atoms with E-state index in [0.29, 0.717) is 24.2 Å². The zero-order valence-electron chi connectivity index (χ0n) is 22.5. The van der Waals surface area contributed by atoms with Crippen molar-refractivity contribution in [1.29, 1.82) is 0 Å². The Hall–Kier alpha value is -2.96. The molecule has 0 aromatic heterocycles. The average Bonchev–Trinajstić information content (AvgIpc) is 3.22. The van der Waals surface area contributed by atoms with Crippen LogP contribution in [-0.4, -0.2) is 34.8 Å². The summed E-state index contributed by atoms with van der Waals surface area (Å²) in [5.41, 5.74) is 2.48. The van der Waals surface area contributed by atoms with Gasteiger partial charge in [0.2, 0.25) is 5.91 Å². The number of benzene rings is 1. The summed E-state index contributed by atoms with van der Waals surface area (Å²) in [6, 6.07) is 6.34. The predicted octanol–water partition coefficient (Wildman–Crippen LogP) is 5.22. The number of carboxylic acids is 1. The van der Waals surface area contributed by atoms with Gasteiger partial charge >= 0.3 is 11.9 Å². The first kappa shape index (κ1) is 26.6. The normalized spacial score (nSPS) is 33.8. The van der Waals surface area contributed by atoms with Crippen LogP contribution in [-0.2, 0) is 25.7 Å². The third-order valence-corrected chi connectivity index (χ3v) is 10.4.